The van der Waals surface area contributed by atoms with E-state index in [1.807, 2.05) is 0 Å². The zero-order valence-corrected chi connectivity index (χ0v) is 12.0. The fourth-order valence-corrected chi connectivity index (χ4v) is 2.29. The van der Waals surface area contributed by atoms with E-state index in [-0.39, 0.29) is 30.9 Å². The quantitative estimate of drug-likeness (QED) is 0.542. The number of non-ortho nitro benzene ring substituents is 1. The molecule has 0 aliphatic rings. The van der Waals surface area contributed by atoms with Crippen LogP contribution in [0.4, 0.5) is 5.69 Å². The van der Waals surface area contributed by atoms with Crippen LogP contribution in [0, 0.1) is 10.1 Å². The second-order valence-electron chi connectivity index (χ2n) is 4.93. The molecular formula is C14H13N5O4. The molecule has 1 N–H and O–H groups in total. The van der Waals surface area contributed by atoms with Gasteiger partial charge in [-0.3, -0.25) is 19.5 Å². The van der Waals surface area contributed by atoms with Gasteiger partial charge in [-0.2, -0.15) is 5.10 Å². The van der Waals surface area contributed by atoms with Crippen LogP contribution in [0.5, 0.6) is 0 Å². The SMILES string of the molecule is O=c1c2cnn(CCO)c2ncn1Cc1ccc([N+](=O)[O-])cc1. The number of aromatic nitrogens is 4. The van der Waals surface area contributed by atoms with Gasteiger partial charge in [0.05, 0.1) is 30.8 Å². The van der Waals surface area contributed by atoms with E-state index in [0.717, 1.165) is 5.56 Å². The number of nitro benzene ring substituents is 1. The van der Waals surface area contributed by atoms with Crippen molar-refractivity contribution in [2.24, 2.45) is 0 Å². The van der Waals surface area contributed by atoms with Gasteiger partial charge < -0.3 is 5.11 Å². The number of aliphatic hydroxyl groups excluding tert-OH is 1. The van der Waals surface area contributed by atoms with Gasteiger partial charge in [0.2, 0.25) is 0 Å². The minimum Gasteiger partial charge on any atom is -0.394 e. The maximum Gasteiger partial charge on any atom is 0.269 e. The number of fused-ring (bicyclic) bond motifs is 1. The van der Waals surface area contributed by atoms with Gasteiger partial charge in [-0.25, -0.2) is 9.67 Å². The summed E-state index contributed by atoms with van der Waals surface area (Å²) in [5.41, 5.74) is 0.920. The molecule has 118 valence electrons. The smallest absolute Gasteiger partial charge is 0.269 e. The Kier molecular flexibility index (Phi) is 3.85. The maximum atomic E-state index is 12.4. The van der Waals surface area contributed by atoms with E-state index >= 15 is 0 Å². The monoisotopic (exact) mass is 315 g/mol. The summed E-state index contributed by atoms with van der Waals surface area (Å²) < 4.78 is 2.88. The van der Waals surface area contributed by atoms with E-state index in [1.54, 1.807) is 12.1 Å². The number of benzene rings is 1. The number of hydrogen-bond acceptors (Lipinski definition) is 6. The lowest BCUT2D eigenvalue weighted by Gasteiger charge is -2.06. The predicted octanol–water partition coefficient (Wildman–Crippen LogP) is 0.542. The first-order valence-corrected chi connectivity index (χ1v) is 6.85. The number of nitrogens with zero attached hydrogens (tertiary/aromatic N) is 5. The van der Waals surface area contributed by atoms with Gasteiger partial charge in [-0.1, -0.05) is 12.1 Å². The summed E-state index contributed by atoms with van der Waals surface area (Å²) in [5.74, 6) is 0. The molecule has 0 unspecified atom stereocenters. The normalized spacial score (nSPS) is 11.0. The van der Waals surface area contributed by atoms with Crippen LogP contribution < -0.4 is 5.56 Å². The Hall–Kier alpha value is -3.07. The third-order valence-electron chi connectivity index (χ3n) is 3.43. The van der Waals surface area contributed by atoms with Crippen molar-refractivity contribution < 1.29 is 10.0 Å². The second-order valence-corrected chi connectivity index (χ2v) is 4.93. The van der Waals surface area contributed by atoms with Crippen molar-refractivity contribution in [3.8, 4) is 0 Å². The third kappa shape index (κ3) is 2.81. The molecule has 0 radical (unpaired) electrons. The molecular weight excluding hydrogens is 302 g/mol. The molecule has 3 aromatic rings. The van der Waals surface area contributed by atoms with E-state index < -0.39 is 4.92 Å². The van der Waals surface area contributed by atoms with Gasteiger partial charge in [0.1, 0.15) is 11.7 Å². The average Bonchev–Trinajstić information content (AvgIpc) is 2.95. The standard InChI is InChI=1S/C14H13N5O4/c20-6-5-18-13-12(7-16-18)14(21)17(9-15-13)8-10-1-3-11(4-2-10)19(22)23/h1-4,7,9,20H,5-6,8H2. The summed E-state index contributed by atoms with van der Waals surface area (Å²) in [6.07, 6.45) is 2.83. The van der Waals surface area contributed by atoms with Crippen molar-refractivity contribution in [3.05, 3.63) is 62.8 Å². The van der Waals surface area contributed by atoms with Crippen molar-refractivity contribution in [2.45, 2.75) is 13.1 Å². The Balaban J connectivity index is 1.93. The van der Waals surface area contributed by atoms with Gasteiger partial charge in [-0.15, -0.1) is 0 Å². The third-order valence-corrected chi connectivity index (χ3v) is 3.43. The highest BCUT2D eigenvalue weighted by Gasteiger charge is 2.10. The van der Waals surface area contributed by atoms with Crippen LogP contribution in [0.1, 0.15) is 5.56 Å². The van der Waals surface area contributed by atoms with Gasteiger partial charge in [0, 0.05) is 12.1 Å². The Morgan fingerprint density at radius 1 is 1.26 bits per heavy atom. The highest BCUT2D eigenvalue weighted by atomic mass is 16.6. The molecule has 0 fully saturated rings. The Morgan fingerprint density at radius 3 is 2.65 bits per heavy atom. The summed E-state index contributed by atoms with van der Waals surface area (Å²) in [6.45, 7) is 0.428. The van der Waals surface area contributed by atoms with Crippen LogP contribution in [0.15, 0.2) is 41.6 Å². The van der Waals surface area contributed by atoms with E-state index in [0.29, 0.717) is 11.0 Å². The highest BCUT2D eigenvalue weighted by Crippen LogP contribution is 2.13. The molecule has 0 saturated heterocycles. The molecule has 3 rings (SSSR count). The van der Waals surface area contributed by atoms with E-state index in [9.17, 15) is 14.9 Å². The van der Waals surface area contributed by atoms with Crippen molar-refractivity contribution in [2.75, 3.05) is 6.61 Å². The van der Waals surface area contributed by atoms with Gasteiger partial charge in [0.15, 0.2) is 5.65 Å². The lowest BCUT2D eigenvalue weighted by atomic mass is 10.2. The average molecular weight is 315 g/mol. The Morgan fingerprint density at radius 2 is 2.00 bits per heavy atom. The van der Waals surface area contributed by atoms with E-state index in [4.69, 9.17) is 5.11 Å². The lowest BCUT2D eigenvalue weighted by molar-refractivity contribution is -0.384. The fraction of sp³-hybridized carbons (Fsp3) is 0.214. The first kappa shape index (κ1) is 14.9. The van der Waals surface area contributed by atoms with Crippen LogP contribution in [0.25, 0.3) is 11.0 Å². The summed E-state index contributed by atoms with van der Waals surface area (Å²) in [5, 5.41) is 24.0. The number of nitro groups is 1. The summed E-state index contributed by atoms with van der Waals surface area (Å²) >= 11 is 0. The van der Waals surface area contributed by atoms with Gasteiger partial charge >= 0.3 is 0 Å². The zero-order valence-electron chi connectivity index (χ0n) is 12.0. The van der Waals surface area contributed by atoms with Gasteiger partial charge in [-0.05, 0) is 5.56 Å². The molecule has 0 aliphatic heterocycles. The van der Waals surface area contributed by atoms with Crippen molar-refractivity contribution in [3.63, 3.8) is 0 Å². The number of rotatable bonds is 5. The minimum atomic E-state index is -0.473. The largest absolute Gasteiger partial charge is 0.394 e. The molecule has 0 atom stereocenters. The van der Waals surface area contributed by atoms with Crippen LogP contribution in [-0.4, -0.2) is 36.0 Å². The van der Waals surface area contributed by atoms with Crippen LogP contribution >= 0.6 is 0 Å². The van der Waals surface area contributed by atoms with Crippen LogP contribution in [0.2, 0.25) is 0 Å². The maximum absolute atomic E-state index is 12.4. The topological polar surface area (TPSA) is 116 Å². The molecule has 9 nitrogen and oxygen atoms in total. The first-order valence-electron chi connectivity index (χ1n) is 6.85. The predicted molar refractivity (Wildman–Crippen MR) is 81.1 cm³/mol. The van der Waals surface area contributed by atoms with Crippen molar-refractivity contribution in [1.29, 1.82) is 0 Å². The second kappa shape index (κ2) is 5.97. The molecule has 2 aromatic heterocycles. The molecule has 2 heterocycles. The molecule has 0 saturated carbocycles. The Labute approximate surface area is 129 Å². The van der Waals surface area contributed by atoms with Crippen LogP contribution in [0.3, 0.4) is 0 Å². The Bertz CT molecular complexity index is 913. The summed E-state index contributed by atoms with van der Waals surface area (Å²) in [7, 11) is 0. The van der Waals surface area contributed by atoms with Crippen molar-refractivity contribution in [1.82, 2.24) is 19.3 Å². The number of aliphatic hydroxyl groups is 1. The number of hydrogen-bond donors (Lipinski definition) is 1. The minimum absolute atomic E-state index is 0.0000427. The van der Waals surface area contributed by atoms with E-state index in [1.165, 1.54) is 33.9 Å². The first-order chi connectivity index (χ1) is 11.1. The molecule has 9 heteroatoms. The summed E-state index contributed by atoms with van der Waals surface area (Å²) in [6, 6.07) is 5.99. The molecule has 1 aromatic carbocycles. The van der Waals surface area contributed by atoms with Gasteiger partial charge in [0.25, 0.3) is 11.2 Å². The molecule has 23 heavy (non-hydrogen) atoms. The highest BCUT2D eigenvalue weighted by molar-refractivity contribution is 5.72. The summed E-state index contributed by atoms with van der Waals surface area (Å²) in [4.78, 5) is 26.8. The fourth-order valence-electron chi connectivity index (χ4n) is 2.29. The lowest BCUT2D eigenvalue weighted by Crippen LogP contribution is -2.21. The molecule has 0 bridgehead atoms. The van der Waals surface area contributed by atoms with Crippen LogP contribution in [-0.2, 0) is 13.1 Å². The molecule has 0 amide bonds. The zero-order chi connectivity index (χ0) is 16.4. The van der Waals surface area contributed by atoms with Crippen molar-refractivity contribution >= 4 is 16.7 Å². The molecule has 0 spiro atoms. The van der Waals surface area contributed by atoms with E-state index in [2.05, 4.69) is 10.1 Å². The molecule has 0 aliphatic carbocycles.